The maximum Gasteiger partial charge on any atom is 0.308 e. The van der Waals surface area contributed by atoms with Gasteiger partial charge in [0, 0.05) is 34.8 Å². The Bertz CT molecular complexity index is 1410. The quantitative estimate of drug-likeness (QED) is 0.180. The number of halogens is 3. The number of ether oxygens (including phenoxy) is 1. The number of amides is 1. The minimum atomic E-state index is -0.426. The molecule has 4 aromatic rings. The predicted octanol–water partition coefficient (Wildman–Crippen LogP) is 7.03. The zero-order chi connectivity index (χ0) is 23.5. The van der Waals surface area contributed by atoms with Gasteiger partial charge in [-0.3, -0.25) is 9.59 Å². The van der Waals surface area contributed by atoms with E-state index in [0.717, 1.165) is 0 Å². The molecular formula is C24H15Cl3N2O4. The zero-order valence-electron chi connectivity index (χ0n) is 17.1. The largest absolute Gasteiger partial charge is 0.436 e. The summed E-state index contributed by atoms with van der Waals surface area (Å²) in [4.78, 5) is 27.8. The average molecular weight is 502 g/mol. The maximum atomic E-state index is 12.3. The minimum absolute atomic E-state index is 0.296. The van der Waals surface area contributed by atoms with Gasteiger partial charge in [-0.1, -0.05) is 40.9 Å². The van der Waals surface area contributed by atoms with Gasteiger partial charge in [-0.05, 0) is 54.1 Å². The SMILES string of the molecule is CC(=O)Oc1ccc2oc(-c3ccc(NC(=O)C=Cc4ccc(Cl)cc4Cl)cc3Cl)nc2c1. The van der Waals surface area contributed by atoms with Gasteiger partial charge in [-0.25, -0.2) is 4.98 Å². The average Bonchev–Trinajstić information content (AvgIpc) is 3.15. The van der Waals surface area contributed by atoms with Crippen LogP contribution in [0.15, 0.2) is 65.1 Å². The van der Waals surface area contributed by atoms with Gasteiger partial charge in [0.15, 0.2) is 5.58 Å². The molecule has 1 amide bonds. The van der Waals surface area contributed by atoms with Crippen LogP contribution in [0.25, 0.3) is 28.6 Å². The van der Waals surface area contributed by atoms with E-state index in [0.29, 0.717) is 54.6 Å². The predicted molar refractivity (Wildman–Crippen MR) is 130 cm³/mol. The van der Waals surface area contributed by atoms with Crippen molar-refractivity contribution in [2.45, 2.75) is 6.92 Å². The van der Waals surface area contributed by atoms with Gasteiger partial charge in [-0.2, -0.15) is 0 Å². The fourth-order valence-corrected chi connectivity index (χ4v) is 3.74. The van der Waals surface area contributed by atoms with Crippen LogP contribution < -0.4 is 10.1 Å². The number of carbonyl (C=O) groups excluding carboxylic acids is 2. The van der Waals surface area contributed by atoms with Crippen LogP contribution in [-0.4, -0.2) is 16.9 Å². The molecule has 0 spiro atoms. The smallest absolute Gasteiger partial charge is 0.308 e. The Labute approximate surface area is 203 Å². The van der Waals surface area contributed by atoms with Gasteiger partial charge in [0.2, 0.25) is 11.8 Å². The summed E-state index contributed by atoms with van der Waals surface area (Å²) in [5.74, 6) is -0.119. The van der Waals surface area contributed by atoms with Crippen LogP contribution in [0, 0.1) is 0 Å². The Morgan fingerprint density at radius 3 is 2.55 bits per heavy atom. The highest BCUT2D eigenvalue weighted by molar-refractivity contribution is 6.35. The number of aromatic nitrogens is 1. The Morgan fingerprint density at radius 2 is 1.82 bits per heavy atom. The maximum absolute atomic E-state index is 12.3. The van der Waals surface area contributed by atoms with E-state index in [1.807, 2.05) is 0 Å². The molecule has 166 valence electrons. The Hall–Kier alpha value is -3.32. The molecule has 0 aliphatic carbocycles. The number of benzene rings is 3. The number of fused-ring (bicyclic) bond motifs is 1. The molecule has 3 aromatic carbocycles. The standard InChI is InChI=1S/C24H15Cl3N2O4/c1-13(30)32-17-6-8-22-21(12-17)29-24(33-22)18-7-5-16(11-20(18)27)28-23(31)9-3-14-2-4-15(25)10-19(14)26/h2-12H,1H3,(H,28,31). The summed E-state index contributed by atoms with van der Waals surface area (Å²) in [6.45, 7) is 1.32. The lowest BCUT2D eigenvalue weighted by Gasteiger charge is -2.05. The second kappa shape index (κ2) is 9.67. The van der Waals surface area contributed by atoms with Gasteiger partial charge >= 0.3 is 5.97 Å². The topological polar surface area (TPSA) is 81.4 Å². The van der Waals surface area contributed by atoms with E-state index in [1.165, 1.54) is 13.0 Å². The van der Waals surface area contributed by atoms with Crippen molar-refractivity contribution in [1.82, 2.24) is 4.98 Å². The molecule has 0 atom stereocenters. The first-order valence-electron chi connectivity index (χ1n) is 9.61. The van der Waals surface area contributed by atoms with E-state index < -0.39 is 5.97 Å². The van der Waals surface area contributed by atoms with Crippen molar-refractivity contribution in [3.63, 3.8) is 0 Å². The van der Waals surface area contributed by atoms with Crippen LogP contribution in [0.1, 0.15) is 12.5 Å². The van der Waals surface area contributed by atoms with Crippen molar-refractivity contribution >= 4 is 69.5 Å². The third-order valence-electron chi connectivity index (χ3n) is 4.46. The number of nitrogens with one attached hydrogen (secondary N) is 1. The first-order chi connectivity index (χ1) is 15.8. The summed E-state index contributed by atoms with van der Waals surface area (Å²) in [5, 5.41) is 4.03. The summed E-state index contributed by atoms with van der Waals surface area (Å²) in [6, 6.07) is 14.8. The number of anilines is 1. The summed E-state index contributed by atoms with van der Waals surface area (Å²) in [7, 11) is 0. The van der Waals surface area contributed by atoms with E-state index in [2.05, 4.69) is 10.3 Å². The lowest BCUT2D eigenvalue weighted by Crippen LogP contribution is -2.07. The molecule has 1 aromatic heterocycles. The minimum Gasteiger partial charge on any atom is -0.436 e. The molecule has 0 radical (unpaired) electrons. The van der Waals surface area contributed by atoms with Crippen LogP contribution >= 0.6 is 34.8 Å². The van der Waals surface area contributed by atoms with E-state index >= 15 is 0 Å². The molecule has 0 aliphatic heterocycles. The van der Waals surface area contributed by atoms with Crippen LogP contribution in [0.3, 0.4) is 0 Å². The summed E-state index contributed by atoms with van der Waals surface area (Å²) >= 11 is 18.4. The van der Waals surface area contributed by atoms with E-state index in [1.54, 1.807) is 60.7 Å². The second-order valence-corrected chi connectivity index (χ2v) is 8.18. The Kier molecular flexibility index (Phi) is 6.70. The summed E-state index contributed by atoms with van der Waals surface area (Å²) in [6.07, 6.45) is 2.95. The first-order valence-corrected chi connectivity index (χ1v) is 10.7. The molecule has 6 nitrogen and oxygen atoms in total. The van der Waals surface area contributed by atoms with Crippen LogP contribution in [0.4, 0.5) is 5.69 Å². The third kappa shape index (κ3) is 5.54. The highest BCUT2D eigenvalue weighted by atomic mass is 35.5. The highest BCUT2D eigenvalue weighted by Gasteiger charge is 2.14. The lowest BCUT2D eigenvalue weighted by atomic mass is 10.2. The molecule has 0 saturated heterocycles. The zero-order valence-corrected chi connectivity index (χ0v) is 19.3. The second-order valence-electron chi connectivity index (χ2n) is 6.93. The van der Waals surface area contributed by atoms with Crippen molar-refractivity contribution < 1.29 is 18.7 Å². The molecule has 1 heterocycles. The molecule has 0 aliphatic rings. The molecule has 4 rings (SSSR count). The van der Waals surface area contributed by atoms with Crippen molar-refractivity contribution in [3.8, 4) is 17.2 Å². The molecule has 0 bridgehead atoms. The number of hydrogen-bond acceptors (Lipinski definition) is 5. The van der Waals surface area contributed by atoms with Crippen LogP contribution in [-0.2, 0) is 9.59 Å². The van der Waals surface area contributed by atoms with Crippen molar-refractivity contribution in [2.75, 3.05) is 5.32 Å². The number of carbonyl (C=O) groups is 2. The lowest BCUT2D eigenvalue weighted by molar-refractivity contribution is -0.131. The first kappa shape index (κ1) is 22.9. The summed E-state index contributed by atoms with van der Waals surface area (Å²) < 4.78 is 10.8. The van der Waals surface area contributed by atoms with Crippen molar-refractivity contribution in [3.05, 3.63) is 81.3 Å². The fourth-order valence-electron chi connectivity index (χ4n) is 3.00. The van der Waals surface area contributed by atoms with E-state index in [9.17, 15) is 9.59 Å². The molecule has 0 unspecified atom stereocenters. The van der Waals surface area contributed by atoms with Gasteiger partial charge < -0.3 is 14.5 Å². The van der Waals surface area contributed by atoms with Gasteiger partial charge in [0.25, 0.3) is 0 Å². The fraction of sp³-hybridized carbons (Fsp3) is 0.0417. The molecule has 9 heteroatoms. The van der Waals surface area contributed by atoms with E-state index in [-0.39, 0.29) is 5.91 Å². The Balaban J connectivity index is 1.50. The van der Waals surface area contributed by atoms with Gasteiger partial charge in [0.1, 0.15) is 11.3 Å². The van der Waals surface area contributed by atoms with Crippen molar-refractivity contribution in [1.29, 1.82) is 0 Å². The van der Waals surface area contributed by atoms with Gasteiger partial charge in [-0.15, -0.1) is 0 Å². The summed E-state index contributed by atoms with van der Waals surface area (Å²) in [5.41, 5.74) is 2.73. The molecule has 1 N–H and O–H groups in total. The molecular weight excluding hydrogens is 487 g/mol. The number of rotatable bonds is 5. The molecule has 0 fully saturated rings. The number of oxazole rings is 1. The number of nitrogens with zero attached hydrogens (tertiary/aromatic N) is 1. The third-order valence-corrected chi connectivity index (χ3v) is 5.34. The van der Waals surface area contributed by atoms with E-state index in [4.69, 9.17) is 44.0 Å². The highest BCUT2D eigenvalue weighted by Crippen LogP contribution is 2.33. The van der Waals surface area contributed by atoms with Crippen molar-refractivity contribution in [2.24, 2.45) is 0 Å². The monoisotopic (exact) mass is 500 g/mol. The Morgan fingerprint density at radius 1 is 1.00 bits per heavy atom. The van der Waals surface area contributed by atoms with Gasteiger partial charge in [0.05, 0.1) is 10.6 Å². The molecule has 0 saturated carbocycles. The van der Waals surface area contributed by atoms with Crippen LogP contribution in [0.2, 0.25) is 15.1 Å². The normalized spacial score (nSPS) is 11.2. The number of esters is 1. The molecule has 33 heavy (non-hydrogen) atoms. The number of hydrogen-bond donors (Lipinski definition) is 1. The van der Waals surface area contributed by atoms with Crippen LogP contribution in [0.5, 0.6) is 5.75 Å².